The number of amides is 1. The van der Waals surface area contributed by atoms with E-state index in [4.69, 9.17) is 5.73 Å². The summed E-state index contributed by atoms with van der Waals surface area (Å²) >= 11 is 0. The molecule has 0 spiro atoms. The van der Waals surface area contributed by atoms with Gasteiger partial charge in [0, 0.05) is 17.6 Å². The van der Waals surface area contributed by atoms with Crippen LogP contribution in [0.25, 0.3) is 0 Å². The number of alkyl halides is 3. The Morgan fingerprint density at radius 2 is 2.00 bits per heavy atom. The van der Waals surface area contributed by atoms with Gasteiger partial charge in [-0.15, -0.1) is 12.4 Å². The second-order valence-electron chi connectivity index (χ2n) is 5.07. The van der Waals surface area contributed by atoms with Crippen LogP contribution in [0.3, 0.4) is 0 Å². The SMILES string of the molecule is Cc1cc(C(F)(F)F)ccc1C(=O)NCC1(N)CC1.Cl. The number of halogens is 4. The molecule has 1 saturated carbocycles. The number of nitrogens with two attached hydrogens (primary N) is 1. The molecule has 20 heavy (non-hydrogen) atoms. The molecule has 3 N–H and O–H groups in total. The highest BCUT2D eigenvalue weighted by atomic mass is 35.5. The fourth-order valence-electron chi connectivity index (χ4n) is 1.78. The maximum atomic E-state index is 12.5. The lowest BCUT2D eigenvalue weighted by Crippen LogP contribution is -2.39. The summed E-state index contributed by atoms with van der Waals surface area (Å²) in [5, 5.41) is 2.66. The number of carbonyl (C=O) groups excluding carboxylic acids is 1. The zero-order valence-corrected chi connectivity index (χ0v) is 11.7. The number of hydrogen-bond donors (Lipinski definition) is 2. The normalized spacial score (nSPS) is 16.2. The fourth-order valence-corrected chi connectivity index (χ4v) is 1.78. The zero-order valence-electron chi connectivity index (χ0n) is 10.9. The number of nitrogens with one attached hydrogen (secondary N) is 1. The maximum Gasteiger partial charge on any atom is 0.416 e. The topological polar surface area (TPSA) is 55.1 Å². The first-order valence-corrected chi connectivity index (χ1v) is 5.96. The first-order valence-electron chi connectivity index (χ1n) is 5.96. The zero-order chi connectivity index (χ0) is 14.3. The lowest BCUT2D eigenvalue weighted by Gasteiger charge is -2.13. The van der Waals surface area contributed by atoms with Crippen LogP contribution in [0.4, 0.5) is 13.2 Å². The van der Waals surface area contributed by atoms with E-state index in [0.29, 0.717) is 12.1 Å². The van der Waals surface area contributed by atoms with E-state index in [2.05, 4.69) is 5.32 Å². The summed E-state index contributed by atoms with van der Waals surface area (Å²) in [5.41, 5.74) is 5.30. The quantitative estimate of drug-likeness (QED) is 0.902. The predicted molar refractivity (Wildman–Crippen MR) is 71.9 cm³/mol. The molecule has 0 atom stereocenters. The van der Waals surface area contributed by atoms with Crippen molar-refractivity contribution in [3.8, 4) is 0 Å². The monoisotopic (exact) mass is 308 g/mol. The van der Waals surface area contributed by atoms with Crippen LogP contribution >= 0.6 is 12.4 Å². The molecule has 0 aliphatic heterocycles. The summed E-state index contributed by atoms with van der Waals surface area (Å²) in [6.07, 6.45) is -2.67. The van der Waals surface area contributed by atoms with Crippen LogP contribution in [0.5, 0.6) is 0 Å². The van der Waals surface area contributed by atoms with Gasteiger partial charge in [0.05, 0.1) is 5.56 Å². The first-order chi connectivity index (χ1) is 8.71. The highest BCUT2D eigenvalue weighted by Crippen LogP contribution is 2.32. The third kappa shape index (κ3) is 3.86. The highest BCUT2D eigenvalue weighted by Gasteiger charge is 2.38. The Labute approximate surface area is 121 Å². The van der Waals surface area contributed by atoms with Crippen molar-refractivity contribution < 1.29 is 18.0 Å². The van der Waals surface area contributed by atoms with E-state index in [-0.39, 0.29) is 29.4 Å². The summed E-state index contributed by atoms with van der Waals surface area (Å²) in [4.78, 5) is 11.9. The number of aryl methyl sites for hydroxylation is 1. The van der Waals surface area contributed by atoms with Gasteiger partial charge in [0.15, 0.2) is 0 Å². The summed E-state index contributed by atoms with van der Waals surface area (Å²) in [5.74, 6) is -0.386. The van der Waals surface area contributed by atoms with Crippen LogP contribution in [0.2, 0.25) is 0 Å². The van der Waals surface area contributed by atoms with Gasteiger partial charge in [-0.05, 0) is 43.5 Å². The van der Waals surface area contributed by atoms with Crippen molar-refractivity contribution in [2.24, 2.45) is 5.73 Å². The van der Waals surface area contributed by atoms with Gasteiger partial charge in [-0.25, -0.2) is 0 Å². The second-order valence-corrected chi connectivity index (χ2v) is 5.07. The number of hydrogen-bond acceptors (Lipinski definition) is 2. The van der Waals surface area contributed by atoms with Gasteiger partial charge in [0.2, 0.25) is 0 Å². The molecule has 0 radical (unpaired) electrons. The molecule has 3 nitrogen and oxygen atoms in total. The summed E-state index contributed by atoms with van der Waals surface area (Å²) in [6, 6.07) is 3.09. The van der Waals surface area contributed by atoms with Crippen LogP contribution in [0.1, 0.15) is 34.3 Å². The van der Waals surface area contributed by atoms with Crippen LogP contribution in [-0.4, -0.2) is 18.0 Å². The van der Waals surface area contributed by atoms with Crippen molar-refractivity contribution in [3.05, 3.63) is 34.9 Å². The average Bonchev–Trinajstić information content (AvgIpc) is 3.03. The molecule has 112 valence electrons. The van der Waals surface area contributed by atoms with Gasteiger partial charge >= 0.3 is 6.18 Å². The average molecular weight is 309 g/mol. The van der Waals surface area contributed by atoms with Gasteiger partial charge in [-0.1, -0.05) is 0 Å². The van der Waals surface area contributed by atoms with E-state index in [9.17, 15) is 18.0 Å². The number of carbonyl (C=O) groups is 1. The minimum atomic E-state index is -4.39. The molecule has 2 rings (SSSR count). The summed E-state index contributed by atoms with van der Waals surface area (Å²) in [7, 11) is 0. The molecule has 1 fully saturated rings. The molecule has 1 aromatic rings. The predicted octanol–water partition coefficient (Wildman–Crippen LogP) is 2.66. The molecule has 7 heteroatoms. The Morgan fingerprint density at radius 3 is 2.45 bits per heavy atom. The van der Waals surface area contributed by atoms with Crippen molar-refractivity contribution in [1.82, 2.24) is 5.32 Å². The summed E-state index contributed by atoms with van der Waals surface area (Å²) < 4.78 is 37.5. The van der Waals surface area contributed by atoms with E-state index in [1.54, 1.807) is 0 Å². The molecule has 0 aromatic heterocycles. The molecule has 1 aliphatic rings. The third-order valence-electron chi connectivity index (χ3n) is 3.29. The highest BCUT2D eigenvalue weighted by molar-refractivity contribution is 5.95. The summed E-state index contributed by atoms with van der Waals surface area (Å²) in [6.45, 7) is 1.84. The minimum Gasteiger partial charge on any atom is -0.350 e. The smallest absolute Gasteiger partial charge is 0.350 e. The van der Waals surface area contributed by atoms with Gasteiger partial charge in [-0.2, -0.15) is 13.2 Å². The standard InChI is InChI=1S/C13H15F3N2O.ClH/c1-8-6-9(13(14,15)16)2-3-10(8)11(19)18-7-12(17)4-5-12;/h2-3,6H,4-5,7,17H2,1H3,(H,18,19);1H. The van der Waals surface area contributed by atoms with Crippen molar-refractivity contribution in [2.45, 2.75) is 31.5 Å². The Bertz CT molecular complexity index is 513. The second kappa shape index (κ2) is 5.61. The molecular weight excluding hydrogens is 293 g/mol. The van der Waals surface area contributed by atoms with E-state index in [0.717, 1.165) is 25.0 Å². The van der Waals surface area contributed by atoms with Crippen LogP contribution in [0.15, 0.2) is 18.2 Å². The molecule has 0 bridgehead atoms. The van der Waals surface area contributed by atoms with Crippen molar-refractivity contribution in [2.75, 3.05) is 6.54 Å². The van der Waals surface area contributed by atoms with E-state index < -0.39 is 11.7 Å². The molecule has 0 heterocycles. The van der Waals surface area contributed by atoms with Crippen LogP contribution in [-0.2, 0) is 6.18 Å². The lowest BCUT2D eigenvalue weighted by molar-refractivity contribution is -0.137. The van der Waals surface area contributed by atoms with Gasteiger partial charge < -0.3 is 11.1 Å². The van der Waals surface area contributed by atoms with Crippen molar-refractivity contribution in [3.63, 3.8) is 0 Å². The van der Waals surface area contributed by atoms with Gasteiger partial charge in [0.25, 0.3) is 5.91 Å². The number of benzene rings is 1. The van der Waals surface area contributed by atoms with Crippen LogP contribution < -0.4 is 11.1 Å². The molecule has 1 aliphatic carbocycles. The van der Waals surface area contributed by atoms with Crippen molar-refractivity contribution in [1.29, 1.82) is 0 Å². The maximum absolute atomic E-state index is 12.5. The van der Waals surface area contributed by atoms with E-state index >= 15 is 0 Å². The molecule has 1 aromatic carbocycles. The van der Waals surface area contributed by atoms with Gasteiger partial charge in [0.1, 0.15) is 0 Å². The van der Waals surface area contributed by atoms with E-state index in [1.807, 2.05) is 0 Å². The number of rotatable bonds is 3. The first kappa shape index (κ1) is 16.8. The van der Waals surface area contributed by atoms with Crippen LogP contribution in [0, 0.1) is 6.92 Å². The Morgan fingerprint density at radius 1 is 1.40 bits per heavy atom. The van der Waals surface area contributed by atoms with Gasteiger partial charge in [-0.3, -0.25) is 4.79 Å². The minimum absolute atomic E-state index is 0. The Balaban J connectivity index is 0.00000200. The Kier molecular flexibility index (Phi) is 4.71. The van der Waals surface area contributed by atoms with Crippen molar-refractivity contribution >= 4 is 18.3 Å². The fraction of sp³-hybridized carbons (Fsp3) is 0.462. The molecule has 0 saturated heterocycles. The Hall–Kier alpha value is -1.27. The molecular formula is C13H16ClF3N2O. The van der Waals surface area contributed by atoms with E-state index in [1.165, 1.54) is 13.0 Å². The molecule has 0 unspecified atom stereocenters. The third-order valence-corrected chi connectivity index (χ3v) is 3.29. The largest absolute Gasteiger partial charge is 0.416 e. The lowest BCUT2D eigenvalue weighted by atomic mass is 10.0. The molecule has 1 amide bonds.